The summed E-state index contributed by atoms with van der Waals surface area (Å²) in [6.07, 6.45) is 1.88. The number of thiophene rings is 1. The van der Waals surface area contributed by atoms with E-state index in [9.17, 15) is 0 Å². The first kappa shape index (κ1) is 12.4. The molecule has 3 heteroatoms. The topological polar surface area (TPSA) is 24.9 Å². The molecule has 0 aromatic carbocycles. The van der Waals surface area contributed by atoms with Crippen LogP contribution in [-0.4, -0.2) is 11.5 Å². The van der Waals surface area contributed by atoms with Crippen molar-refractivity contribution < 1.29 is 0 Å². The highest BCUT2D eigenvalue weighted by Crippen LogP contribution is 2.28. The Morgan fingerprint density at radius 2 is 2.12 bits per heavy atom. The SMILES string of the molecule is CC(CNc1nccc2sccc12)C(C)(C)C. The van der Waals surface area contributed by atoms with Crippen molar-refractivity contribution in [3.8, 4) is 0 Å². The number of fused-ring (bicyclic) bond motifs is 1. The van der Waals surface area contributed by atoms with Crippen molar-refractivity contribution in [3.05, 3.63) is 23.7 Å². The molecule has 1 N–H and O–H groups in total. The summed E-state index contributed by atoms with van der Waals surface area (Å²) in [6, 6.07) is 4.20. The third kappa shape index (κ3) is 2.78. The number of hydrogen-bond donors (Lipinski definition) is 1. The van der Waals surface area contributed by atoms with Gasteiger partial charge in [0.15, 0.2) is 0 Å². The lowest BCUT2D eigenvalue weighted by Crippen LogP contribution is -2.25. The van der Waals surface area contributed by atoms with Crippen molar-refractivity contribution in [2.24, 2.45) is 11.3 Å². The van der Waals surface area contributed by atoms with E-state index < -0.39 is 0 Å². The monoisotopic (exact) mass is 248 g/mol. The zero-order valence-corrected chi connectivity index (χ0v) is 11.8. The molecule has 1 unspecified atom stereocenters. The van der Waals surface area contributed by atoms with E-state index in [1.165, 1.54) is 10.1 Å². The molecule has 0 radical (unpaired) electrons. The van der Waals surface area contributed by atoms with Gasteiger partial charge in [0.2, 0.25) is 0 Å². The minimum atomic E-state index is 0.329. The lowest BCUT2D eigenvalue weighted by molar-refractivity contribution is 0.274. The second-order valence-corrected chi connectivity index (χ2v) is 6.59. The van der Waals surface area contributed by atoms with Gasteiger partial charge in [-0.3, -0.25) is 0 Å². The number of anilines is 1. The number of rotatable bonds is 3. The van der Waals surface area contributed by atoms with E-state index in [4.69, 9.17) is 0 Å². The Morgan fingerprint density at radius 1 is 1.35 bits per heavy atom. The number of pyridine rings is 1. The van der Waals surface area contributed by atoms with Gasteiger partial charge in [-0.25, -0.2) is 4.98 Å². The maximum Gasteiger partial charge on any atom is 0.134 e. The average Bonchev–Trinajstić information content (AvgIpc) is 2.72. The lowest BCUT2D eigenvalue weighted by Gasteiger charge is -2.27. The summed E-state index contributed by atoms with van der Waals surface area (Å²) in [5, 5.41) is 6.83. The summed E-state index contributed by atoms with van der Waals surface area (Å²) in [6.45, 7) is 10.1. The molecular weight excluding hydrogens is 228 g/mol. The highest BCUT2D eigenvalue weighted by atomic mass is 32.1. The third-order valence-electron chi connectivity index (χ3n) is 3.43. The van der Waals surface area contributed by atoms with Gasteiger partial charge >= 0.3 is 0 Å². The number of nitrogens with zero attached hydrogens (tertiary/aromatic N) is 1. The van der Waals surface area contributed by atoms with E-state index in [0.717, 1.165) is 12.4 Å². The Hall–Kier alpha value is -1.09. The van der Waals surface area contributed by atoms with Gasteiger partial charge < -0.3 is 5.32 Å². The number of hydrogen-bond acceptors (Lipinski definition) is 3. The first-order valence-corrected chi connectivity index (χ1v) is 6.92. The molecule has 1 atom stereocenters. The normalized spacial score (nSPS) is 13.9. The van der Waals surface area contributed by atoms with E-state index in [1.54, 1.807) is 11.3 Å². The molecule has 0 aliphatic heterocycles. The number of aromatic nitrogens is 1. The van der Waals surface area contributed by atoms with E-state index >= 15 is 0 Å². The highest BCUT2D eigenvalue weighted by molar-refractivity contribution is 7.17. The van der Waals surface area contributed by atoms with E-state index in [-0.39, 0.29) is 0 Å². The van der Waals surface area contributed by atoms with Crippen molar-refractivity contribution in [3.63, 3.8) is 0 Å². The summed E-state index contributed by atoms with van der Waals surface area (Å²) in [5.41, 5.74) is 0.329. The van der Waals surface area contributed by atoms with Gasteiger partial charge in [-0.2, -0.15) is 0 Å². The van der Waals surface area contributed by atoms with Crippen molar-refractivity contribution in [1.29, 1.82) is 0 Å². The molecule has 92 valence electrons. The quantitative estimate of drug-likeness (QED) is 0.871. The number of nitrogens with one attached hydrogen (secondary N) is 1. The Balaban J connectivity index is 2.12. The Bertz CT molecular complexity index is 496. The van der Waals surface area contributed by atoms with E-state index in [1.807, 2.05) is 6.20 Å². The molecule has 2 rings (SSSR count). The van der Waals surface area contributed by atoms with Crippen LogP contribution in [0.25, 0.3) is 10.1 Å². The van der Waals surface area contributed by atoms with Crippen molar-refractivity contribution in [1.82, 2.24) is 4.98 Å². The zero-order chi connectivity index (χ0) is 12.5. The fourth-order valence-electron chi connectivity index (χ4n) is 1.59. The van der Waals surface area contributed by atoms with Crippen LogP contribution in [0.15, 0.2) is 23.7 Å². The van der Waals surface area contributed by atoms with Crippen molar-refractivity contribution in [2.75, 3.05) is 11.9 Å². The van der Waals surface area contributed by atoms with Crippen LogP contribution in [0.2, 0.25) is 0 Å². The van der Waals surface area contributed by atoms with Crippen LogP contribution >= 0.6 is 11.3 Å². The molecule has 2 aromatic heterocycles. The second-order valence-electron chi connectivity index (χ2n) is 5.64. The Labute approximate surface area is 107 Å². The van der Waals surface area contributed by atoms with Gasteiger partial charge in [0.1, 0.15) is 5.82 Å². The molecule has 0 bridgehead atoms. The molecule has 0 fully saturated rings. The van der Waals surface area contributed by atoms with Crippen molar-refractivity contribution in [2.45, 2.75) is 27.7 Å². The maximum atomic E-state index is 4.43. The largest absolute Gasteiger partial charge is 0.369 e. The first-order chi connectivity index (χ1) is 7.98. The molecule has 0 saturated carbocycles. The van der Waals surface area contributed by atoms with Crippen LogP contribution in [0.3, 0.4) is 0 Å². The lowest BCUT2D eigenvalue weighted by atomic mass is 9.82. The van der Waals surface area contributed by atoms with Crippen molar-refractivity contribution >= 4 is 27.2 Å². The van der Waals surface area contributed by atoms with Gasteiger partial charge in [0.25, 0.3) is 0 Å². The van der Waals surface area contributed by atoms with Gasteiger partial charge in [0, 0.05) is 22.8 Å². The zero-order valence-electron chi connectivity index (χ0n) is 10.9. The highest BCUT2D eigenvalue weighted by Gasteiger charge is 2.19. The minimum Gasteiger partial charge on any atom is -0.369 e. The van der Waals surface area contributed by atoms with E-state index in [2.05, 4.69) is 55.5 Å². The molecular formula is C14H20N2S. The van der Waals surface area contributed by atoms with Gasteiger partial charge in [0.05, 0.1) is 0 Å². The molecule has 2 nitrogen and oxygen atoms in total. The van der Waals surface area contributed by atoms with E-state index in [0.29, 0.717) is 11.3 Å². The molecule has 2 heterocycles. The van der Waals surface area contributed by atoms with Crippen LogP contribution in [0, 0.1) is 11.3 Å². The van der Waals surface area contributed by atoms with Gasteiger partial charge in [-0.15, -0.1) is 11.3 Å². The first-order valence-electron chi connectivity index (χ1n) is 6.04. The van der Waals surface area contributed by atoms with Crippen LogP contribution in [-0.2, 0) is 0 Å². The Morgan fingerprint density at radius 3 is 2.82 bits per heavy atom. The van der Waals surface area contributed by atoms with Crippen LogP contribution in [0.4, 0.5) is 5.82 Å². The standard InChI is InChI=1S/C14H20N2S/c1-10(14(2,3)4)9-16-13-11-6-8-17-12(11)5-7-15-13/h5-8,10H,9H2,1-4H3,(H,15,16). The smallest absolute Gasteiger partial charge is 0.134 e. The fraction of sp³-hybridized carbons (Fsp3) is 0.500. The Kier molecular flexibility index (Phi) is 3.38. The minimum absolute atomic E-state index is 0.329. The molecule has 0 aliphatic rings. The molecule has 0 amide bonds. The molecule has 0 spiro atoms. The van der Waals surface area contributed by atoms with Gasteiger partial charge in [-0.05, 0) is 28.8 Å². The summed E-state index contributed by atoms with van der Waals surface area (Å²) in [7, 11) is 0. The average molecular weight is 248 g/mol. The van der Waals surface area contributed by atoms with Crippen LogP contribution in [0.1, 0.15) is 27.7 Å². The predicted molar refractivity (Wildman–Crippen MR) is 76.7 cm³/mol. The molecule has 0 saturated heterocycles. The summed E-state index contributed by atoms with van der Waals surface area (Å²) in [5.74, 6) is 1.62. The molecule has 2 aromatic rings. The molecule has 0 aliphatic carbocycles. The fourth-order valence-corrected chi connectivity index (χ4v) is 2.37. The third-order valence-corrected chi connectivity index (χ3v) is 4.32. The van der Waals surface area contributed by atoms with Gasteiger partial charge in [-0.1, -0.05) is 27.7 Å². The summed E-state index contributed by atoms with van der Waals surface area (Å²) in [4.78, 5) is 4.43. The molecule has 17 heavy (non-hydrogen) atoms. The second kappa shape index (κ2) is 4.65. The summed E-state index contributed by atoms with van der Waals surface area (Å²) >= 11 is 1.76. The maximum absolute atomic E-state index is 4.43. The van der Waals surface area contributed by atoms with Crippen LogP contribution < -0.4 is 5.32 Å². The summed E-state index contributed by atoms with van der Waals surface area (Å²) < 4.78 is 1.30. The van der Waals surface area contributed by atoms with Crippen LogP contribution in [0.5, 0.6) is 0 Å². The predicted octanol–water partition coefficient (Wildman–Crippen LogP) is 4.39.